The summed E-state index contributed by atoms with van der Waals surface area (Å²) in [5.41, 5.74) is 5.31. The van der Waals surface area contributed by atoms with Crippen molar-refractivity contribution >= 4 is 12.1 Å². The van der Waals surface area contributed by atoms with Crippen LogP contribution in [0.4, 0.5) is 5.69 Å². The van der Waals surface area contributed by atoms with E-state index in [0.717, 1.165) is 28.4 Å². The van der Waals surface area contributed by atoms with Crippen LogP contribution in [0.2, 0.25) is 0 Å². The lowest BCUT2D eigenvalue weighted by atomic mass is 10.0. The number of rotatable bonds is 4. The zero-order valence-corrected chi connectivity index (χ0v) is 10.9. The van der Waals surface area contributed by atoms with Gasteiger partial charge in [0, 0.05) is 17.4 Å². The Balaban J connectivity index is 1.95. The van der Waals surface area contributed by atoms with Gasteiger partial charge in [-0.2, -0.15) is 0 Å². The average molecular weight is 252 g/mol. The monoisotopic (exact) mass is 252 g/mol. The van der Waals surface area contributed by atoms with Gasteiger partial charge in [-0.3, -0.25) is 9.78 Å². The number of pyridine rings is 1. The summed E-state index contributed by atoms with van der Waals surface area (Å²) >= 11 is 0. The fraction of sp³-hybridized carbons (Fsp3) is 0.250. The molecule has 0 saturated heterocycles. The van der Waals surface area contributed by atoms with E-state index in [4.69, 9.17) is 0 Å². The molecule has 3 heteroatoms. The molecule has 3 rings (SSSR count). The molecule has 1 N–H and O–H groups in total. The van der Waals surface area contributed by atoms with Crippen LogP contribution in [0.3, 0.4) is 0 Å². The first kappa shape index (κ1) is 11.9. The molecule has 1 fully saturated rings. The normalized spacial score (nSPS) is 14.2. The third kappa shape index (κ3) is 2.50. The largest absolute Gasteiger partial charge is 0.329 e. The molecule has 0 atom stereocenters. The Morgan fingerprint density at radius 2 is 2.11 bits per heavy atom. The number of hydrogen-bond donors (Lipinski definition) is 1. The van der Waals surface area contributed by atoms with Crippen LogP contribution in [0.5, 0.6) is 0 Å². The first-order valence-electron chi connectivity index (χ1n) is 6.55. The predicted molar refractivity (Wildman–Crippen MR) is 76.1 cm³/mol. The van der Waals surface area contributed by atoms with E-state index in [1.54, 1.807) is 0 Å². The fourth-order valence-corrected chi connectivity index (χ4v) is 2.28. The number of nitrogens with zero attached hydrogens (tertiary/aromatic N) is 1. The number of benzene rings is 1. The van der Waals surface area contributed by atoms with Gasteiger partial charge in [0.2, 0.25) is 6.41 Å². The summed E-state index contributed by atoms with van der Waals surface area (Å²) in [6.45, 7) is 2.05. The second-order valence-electron chi connectivity index (χ2n) is 5.04. The van der Waals surface area contributed by atoms with E-state index in [1.165, 1.54) is 18.4 Å². The summed E-state index contributed by atoms with van der Waals surface area (Å²) in [5.74, 6) is 0.728. The summed E-state index contributed by atoms with van der Waals surface area (Å²) in [6, 6.07) is 10.1. The van der Waals surface area contributed by atoms with Gasteiger partial charge in [-0.1, -0.05) is 12.1 Å². The van der Waals surface area contributed by atoms with E-state index in [9.17, 15) is 4.79 Å². The summed E-state index contributed by atoms with van der Waals surface area (Å²) in [4.78, 5) is 15.1. The van der Waals surface area contributed by atoms with Gasteiger partial charge in [0.1, 0.15) is 0 Å². The van der Waals surface area contributed by atoms with Crippen LogP contribution in [0, 0.1) is 6.92 Å². The second-order valence-corrected chi connectivity index (χ2v) is 5.04. The molecule has 1 aromatic carbocycles. The zero-order valence-electron chi connectivity index (χ0n) is 10.9. The molecule has 1 aliphatic carbocycles. The molecule has 2 aromatic rings. The molecule has 1 saturated carbocycles. The Bertz CT molecular complexity index is 601. The van der Waals surface area contributed by atoms with Gasteiger partial charge in [-0.05, 0) is 55.0 Å². The highest BCUT2D eigenvalue weighted by atomic mass is 16.1. The number of nitrogens with one attached hydrogen (secondary N) is 1. The van der Waals surface area contributed by atoms with Gasteiger partial charge in [-0.15, -0.1) is 0 Å². The van der Waals surface area contributed by atoms with E-state index in [-0.39, 0.29) is 0 Å². The molecular weight excluding hydrogens is 236 g/mol. The van der Waals surface area contributed by atoms with Gasteiger partial charge >= 0.3 is 0 Å². The van der Waals surface area contributed by atoms with E-state index in [1.807, 2.05) is 24.4 Å². The number of carbonyl (C=O) groups is 1. The Hall–Kier alpha value is -2.16. The number of hydrogen-bond acceptors (Lipinski definition) is 2. The standard InChI is InChI=1S/C16H16N2O/c1-11-2-6-14(18-10-19)8-15(11)16-7-5-13(9-17-16)12-3-4-12/h2,5-10,12H,3-4H2,1H3,(H,18,19). The Labute approximate surface area is 112 Å². The average Bonchev–Trinajstić information content (AvgIpc) is 3.26. The van der Waals surface area contributed by atoms with Crippen molar-refractivity contribution in [3.63, 3.8) is 0 Å². The summed E-state index contributed by atoms with van der Waals surface area (Å²) in [6.07, 6.45) is 5.25. The van der Waals surface area contributed by atoms with Crippen molar-refractivity contribution in [3.05, 3.63) is 47.7 Å². The van der Waals surface area contributed by atoms with E-state index in [2.05, 4.69) is 29.4 Å². The van der Waals surface area contributed by atoms with Crippen molar-refractivity contribution in [1.82, 2.24) is 4.98 Å². The lowest BCUT2D eigenvalue weighted by Gasteiger charge is -2.08. The highest BCUT2D eigenvalue weighted by molar-refractivity contribution is 5.76. The molecule has 1 amide bonds. The maximum Gasteiger partial charge on any atom is 0.211 e. The minimum Gasteiger partial charge on any atom is -0.329 e. The minimum atomic E-state index is 0.693. The second kappa shape index (κ2) is 4.84. The third-order valence-corrected chi connectivity index (χ3v) is 3.57. The maximum atomic E-state index is 10.5. The topological polar surface area (TPSA) is 42.0 Å². The van der Waals surface area contributed by atoms with Crippen molar-refractivity contribution in [2.75, 3.05) is 5.32 Å². The fourth-order valence-electron chi connectivity index (χ4n) is 2.28. The molecule has 3 nitrogen and oxygen atoms in total. The van der Waals surface area contributed by atoms with Crippen molar-refractivity contribution in [3.8, 4) is 11.3 Å². The summed E-state index contributed by atoms with van der Waals surface area (Å²) < 4.78 is 0. The van der Waals surface area contributed by atoms with Crippen LogP contribution in [-0.4, -0.2) is 11.4 Å². The Kier molecular flexibility index (Phi) is 3.03. The minimum absolute atomic E-state index is 0.693. The molecule has 0 radical (unpaired) electrons. The van der Waals surface area contributed by atoms with Crippen molar-refractivity contribution in [1.29, 1.82) is 0 Å². The van der Waals surface area contributed by atoms with Crippen LogP contribution in [0.1, 0.15) is 29.9 Å². The SMILES string of the molecule is Cc1ccc(NC=O)cc1-c1ccc(C2CC2)cn1. The molecule has 0 aliphatic heterocycles. The van der Waals surface area contributed by atoms with Crippen molar-refractivity contribution in [2.45, 2.75) is 25.7 Å². The highest BCUT2D eigenvalue weighted by Crippen LogP contribution is 2.40. The quantitative estimate of drug-likeness (QED) is 0.846. The van der Waals surface area contributed by atoms with Gasteiger partial charge in [-0.25, -0.2) is 0 Å². The van der Waals surface area contributed by atoms with Crippen LogP contribution < -0.4 is 5.32 Å². The lowest BCUT2D eigenvalue weighted by molar-refractivity contribution is -0.105. The van der Waals surface area contributed by atoms with Crippen molar-refractivity contribution < 1.29 is 4.79 Å². The smallest absolute Gasteiger partial charge is 0.211 e. The third-order valence-electron chi connectivity index (χ3n) is 3.57. The molecule has 1 aromatic heterocycles. The van der Waals surface area contributed by atoms with Gasteiger partial charge in [0.05, 0.1) is 5.69 Å². The lowest BCUT2D eigenvalue weighted by Crippen LogP contribution is -1.95. The first-order valence-corrected chi connectivity index (χ1v) is 6.55. The zero-order chi connectivity index (χ0) is 13.2. The molecule has 0 spiro atoms. The Morgan fingerprint density at radius 3 is 2.74 bits per heavy atom. The number of carbonyl (C=O) groups excluding carboxylic acids is 1. The first-order chi connectivity index (χ1) is 9.28. The number of aromatic nitrogens is 1. The number of amides is 1. The van der Waals surface area contributed by atoms with E-state index >= 15 is 0 Å². The highest BCUT2D eigenvalue weighted by Gasteiger charge is 2.23. The number of anilines is 1. The van der Waals surface area contributed by atoms with E-state index in [0.29, 0.717) is 6.41 Å². The molecule has 96 valence electrons. The van der Waals surface area contributed by atoms with Crippen LogP contribution >= 0.6 is 0 Å². The van der Waals surface area contributed by atoms with E-state index < -0.39 is 0 Å². The maximum absolute atomic E-state index is 10.5. The Morgan fingerprint density at radius 1 is 1.26 bits per heavy atom. The molecular formula is C16H16N2O. The van der Waals surface area contributed by atoms with Gasteiger partial charge in [0.25, 0.3) is 0 Å². The predicted octanol–water partition coefficient (Wildman–Crippen LogP) is 3.50. The molecule has 1 aliphatic rings. The summed E-state index contributed by atoms with van der Waals surface area (Å²) in [5, 5.41) is 2.68. The van der Waals surface area contributed by atoms with Gasteiger partial charge < -0.3 is 5.32 Å². The van der Waals surface area contributed by atoms with Crippen LogP contribution in [-0.2, 0) is 4.79 Å². The van der Waals surface area contributed by atoms with Crippen LogP contribution in [0.15, 0.2) is 36.5 Å². The van der Waals surface area contributed by atoms with Crippen LogP contribution in [0.25, 0.3) is 11.3 Å². The number of aryl methyl sites for hydroxylation is 1. The van der Waals surface area contributed by atoms with Gasteiger partial charge in [0.15, 0.2) is 0 Å². The molecule has 0 bridgehead atoms. The molecule has 1 heterocycles. The summed E-state index contributed by atoms with van der Waals surface area (Å²) in [7, 11) is 0. The molecule has 0 unspecified atom stereocenters. The molecule has 19 heavy (non-hydrogen) atoms. The van der Waals surface area contributed by atoms with Crippen molar-refractivity contribution in [2.24, 2.45) is 0 Å².